The molecule has 35 heavy (non-hydrogen) atoms. The number of carboxylic acid groups (broad SMARTS) is 1. The van der Waals surface area contributed by atoms with E-state index >= 15 is 0 Å². The number of aromatic carboxylic acids is 1. The number of para-hydroxylation sites is 1. The predicted molar refractivity (Wildman–Crippen MR) is 142 cm³/mol. The van der Waals surface area contributed by atoms with Crippen LogP contribution < -0.4 is 4.90 Å². The Balaban J connectivity index is 1.59. The summed E-state index contributed by atoms with van der Waals surface area (Å²) in [6.45, 7) is 4.82. The van der Waals surface area contributed by atoms with Crippen molar-refractivity contribution in [1.29, 1.82) is 0 Å². The molecule has 2 aromatic carbocycles. The van der Waals surface area contributed by atoms with Gasteiger partial charge in [-0.1, -0.05) is 56.5 Å². The van der Waals surface area contributed by atoms with Gasteiger partial charge >= 0.3 is 5.97 Å². The molecule has 1 aliphatic heterocycles. The van der Waals surface area contributed by atoms with Gasteiger partial charge in [0.25, 0.3) is 0 Å². The van der Waals surface area contributed by atoms with Gasteiger partial charge < -0.3 is 14.6 Å². The fourth-order valence-electron chi connectivity index (χ4n) is 5.39. The summed E-state index contributed by atoms with van der Waals surface area (Å²) in [7, 11) is 0. The van der Waals surface area contributed by atoms with Crippen LogP contribution in [-0.2, 0) is 19.4 Å². The van der Waals surface area contributed by atoms with Crippen molar-refractivity contribution in [3.8, 4) is 11.3 Å². The summed E-state index contributed by atoms with van der Waals surface area (Å²) in [5, 5.41) is 10.9. The molecule has 1 N–H and O–H groups in total. The van der Waals surface area contributed by atoms with E-state index in [-0.39, 0.29) is 0 Å². The Labute approximate surface area is 207 Å². The molecule has 3 heterocycles. The Hall–Kier alpha value is -3.60. The van der Waals surface area contributed by atoms with Crippen LogP contribution in [-0.4, -0.2) is 33.7 Å². The topological polar surface area (TPSA) is 58.4 Å². The van der Waals surface area contributed by atoms with Crippen LogP contribution in [0, 0.1) is 0 Å². The molecular formula is C30H33N3O2. The summed E-state index contributed by atoms with van der Waals surface area (Å²) in [6.07, 6.45) is 8.57. The molecule has 0 saturated carbocycles. The van der Waals surface area contributed by atoms with E-state index in [2.05, 4.69) is 51.7 Å². The summed E-state index contributed by atoms with van der Waals surface area (Å²) in [5.41, 5.74) is 7.58. The number of nitrogens with zero attached hydrogens (tertiary/aromatic N) is 3. The van der Waals surface area contributed by atoms with Gasteiger partial charge in [0, 0.05) is 60.1 Å². The van der Waals surface area contributed by atoms with Crippen molar-refractivity contribution < 1.29 is 9.90 Å². The zero-order chi connectivity index (χ0) is 24.2. The fraction of sp³-hybridized carbons (Fsp3) is 0.333. The number of benzene rings is 2. The van der Waals surface area contributed by atoms with E-state index in [0.29, 0.717) is 5.56 Å². The molecule has 0 aliphatic carbocycles. The largest absolute Gasteiger partial charge is 0.478 e. The third kappa shape index (κ3) is 4.68. The maximum atomic E-state index is 11.8. The minimum absolute atomic E-state index is 0.347. The Bertz CT molecular complexity index is 1330. The molecule has 0 unspecified atom stereocenters. The summed E-state index contributed by atoms with van der Waals surface area (Å²) in [5.74, 6) is -0.877. The zero-order valence-electron chi connectivity index (χ0n) is 20.4. The molecule has 2 aromatic heterocycles. The van der Waals surface area contributed by atoms with Crippen molar-refractivity contribution in [3.63, 3.8) is 0 Å². The Kier molecular flexibility index (Phi) is 6.84. The van der Waals surface area contributed by atoms with Crippen molar-refractivity contribution in [2.45, 2.75) is 52.0 Å². The maximum Gasteiger partial charge on any atom is 0.335 e. The molecule has 0 saturated heterocycles. The van der Waals surface area contributed by atoms with E-state index in [1.165, 1.54) is 47.2 Å². The highest BCUT2D eigenvalue weighted by molar-refractivity contribution is 5.99. The molecule has 0 radical (unpaired) electrons. The number of carboxylic acids is 1. The number of aromatic nitrogens is 2. The molecule has 5 heteroatoms. The molecule has 0 amide bonds. The molecule has 0 atom stereocenters. The van der Waals surface area contributed by atoms with Gasteiger partial charge in [-0.2, -0.15) is 0 Å². The molecule has 1 aliphatic rings. The van der Waals surface area contributed by atoms with Crippen LogP contribution >= 0.6 is 0 Å². The lowest BCUT2D eigenvalue weighted by Gasteiger charge is -2.24. The van der Waals surface area contributed by atoms with E-state index in [1.54, 1.807) is 6.07 Å². The monoisotopic (exact) mass is 467 g/mol. The lowest BCUT2D eigenvalue weighted by molar-refractivity contribution is 0.0697. The van der Waals surface area contributed by atoms with Crippen LogP contribution in [0.2, 0.25) is 0 Å². The number of unbranched alkanes of at least 4 members (excludes halogenated alkanes) is 3. The normalized spacial score (nSPS) is 12.9. The van der Waals surface area contributed by atoms with Crippen LogP contribution in [0.3, 0.4) is 0 Å². The first-order chi connectivity index (χ1) is 17.2. The fourth-order valence-corrected chi connectivity index (χ4v) is 5.39. The van der Waals surface area contributed by atoms with Gasteiger partial charge in [-0.3, -0.25) is 4.98 Å². The molecule has 0 fully saturated rings. The summed E-state index contributed by atoms with van der Waals surface area (Å²) >= 11 is 0. The number of carbonyl (C=O) groups is 1. The Morgan fingerprint density at radius 1 is 0.971 bits per heavy atom. The number of anilines is 1. The summed E-state index contributed by atoms with van der Waals surface area (Å²) < 4.78 is 2.37. The van der Waals surface area contributed by atoms with Gasteiger partial charge in [0.15, 0.2) is 0 Å². The van der Waals surface area contributed by atoms with E-state index < -0.39 is 5.97 Å². The van der Waals surface area contributed by atoms with E-state index in [0.717, 1.165) is 50.1 Å². The summed E-state index contributed by atoms with van der Waals surface area (Å²) in [6, 6.07) is 20.4. The third-order valence-electron chi connectivity index (χ3n) is 7.15. The second-order valence-corrected chi connectivity index (χ2v) is 9.40. The standard InChI is InChI=1S/C30H33N3O2/c1-2-3-4-5-11-25-24-15-14-22(30(34)35)21-28(24)33-20-19-32(18-16-23-10-8-9-17-31-23)27-13-7-6-12-26(27)29(25)33/h6-10,12-15,17,21H,2-5,11,16,18-20H2,1H3,(H,34,35). The number of aryl methyl sites for hydroxylation is 1. The second kappa shape index (κ2) is 10.3. The molecule has 0 spiro atoms. The van der Waals surface area contributed by atoms with Crippen LogP contribution in [0.25, 0.3) is 22.2 Å². The quantitative estimate of drug-likeness (QED) is 0.282. The molecule has 0 bridgehead atoms. The van der Waals surface area contributed by atoms with Crippen LogP contribution in [0.4, 0.5) is 5.69 Å². The Morgan fingerprint density at radius 2 is 1.83 bits per heavy atom. The van der Waals surface area contributed by atoms with Gasteiger partial charge in [-0.15, -0.1) is 0 Å². The lowest BCUT2D eigenvalue weighted by atomic mass is 9.98. The van der Waals surface area contributed by atoms with Gasteiger partial charge in [0.05, 0.1) is 11.3 Å². The lowest BCUT2D eigenvalue weighted by Crippen LogP contribution is -2.28. The van der Waals surface area contributed by atoms with E-state index in [4.69, 9.17) is 0 Å². The van der Waals surface area contributed by atoms with Crippen molar-refractivity contribution in [1.82, 2.24) is 9.55 Å². The van der Waals surface area contributed by atoms with Gasteiger partial charge in [0.1, 0.15) is 0 Å². The summed E-state index contributed by atoms with van der Waals surface area (Å²) in [4.78, 5) is 18.8. The minimum atomic E-state index is -0.877. The average molecular weight is 468 g/mol. The SMILES string of the molecule is CCCCCCc1c2n(c3cc(C(=O)O)ccc13)CCN(CCc1ccccn1)c1ccccc1-2. The number of fused-ring (bicyclic) bond motifs is 5. The predicted octanol–water partition coefficient (Wildman–Crippen LogP) is 6.59. The first-order valence-electron chi connectivity index (χ1n) is 12.8. The number of hydrogen-bond acceptors (Lipinski definition) is 3. The van der Waals surface area contributed by atoms with Crippen molar-refractivity contribution >= 4 is 22.6 Å². The smallest absolute Gasteiger partial charge is 0.335 e. The maximum absolute atomic E-state index is 11.8. The zero-order valence-corrected chi connectivity index (χ0v) is 20.4. The molecule has 180 valence electrons. The van der Waals surface area contributed by atoms with E-state index in [1.807, 2.05) is 30.5 Å². The number of rotatable bonds is 9. The third-order valence-corrected chi connectivity index (χ3v) is 7.15. The van der Waals surface area contributed by atoms with Crippen LogP contribution in [0.15, 0.2) is 66.9 Å². The van der Waals surface area contributed by atoms with Gasteiger partial charge in [-0.25, -0.2) is 4.79 Å². The highest BCUT2D eigenvalue weighted by Crippen LogP contribution is 2.41. The molecular weight excluding hydrogens is 434 g/mol. The highest BCUT2D eigenvalue weighted by atomic mass is 16.4. The number of hydrogen-bond donors (Lipinski definition) is 1. The minimum Gasteiger partial charge on any atom is -0.478 e. The average Bonchev–Trinajstić information content (AvgIpc) is 3.09. The van der Waals surface area contributed by atoms with Gasteiger partial charge in [0.2, 0.25) is 0 Å². The number of pyridine rings is 1. The van der Waals surface area contributed by atoms with Crippen molar-refractivity contribution in [2.24, 2.45) is 0 Å². The van der Waals surface area contributed by atoms with Gasteiger partial charge in [-0.05, 0) is 48.7 Å². The van der Waals surface area contributed by atoms with E-state index in [9.17, 15) is 9.90 Å². The first kappa shape index (κ1) is 23.2. The van der Waals surface area contributed by atoms with Crippen molar-refractivity contribution in [2.75, 3.05) is 18.0 Å². The van der Waals surface area contributed by atoms with Crippen LogP contribution in [0.5, 0.6) is 0 Å². The second-order valence-electron chi connectivity index (χ2n) is 9.40. The Morgan fingerprint density at radius 3 is 2.63 bits per heavy atom. The van der Waals surface area contributed by atoms with Crippen molar-refractivity contribution in [3.05, 3.63) is 83.7 Å². The highest BCUT2D eigenvalue weighted by Gasteiger charge is 2.26. The molecule has 4 aromatic rings. The first-order valence-corrected chi connectivity index (χ1v) is 12.8. The molecule has 5 rings (SSSR count). The van der Waals surface area contributed by atoms with Crippen LogP contribution in [0.1, 0.15) is 54.2 Å². The molecule has 5 nitrogen and oxygen atoms in total.